The Morgan fingerprint density at radius 1 is 0.168 bits per heavy atom. The lowest BCUT2D eigenvalue weighted by molar-refractivity contribution is 1.53. The van der Waals surface area contributed by atoms with Crippen molar-refractivity contribution in [2.75, 3.05) is 16.0 Å². The fourth-order valence-corrected chi connectivity index (χ4v) is 10.2. The van der Waals surface area contributed by atoms with Crippen molar-refractivity contribution in [3.63, 3.8) is 0 Å². The second-order valence-corrected chi connectivity index (χ2v) is 20.6. The van der Waals surface area contributed by atoms with Gasteiger partial charge in [-0.15, -0.1) is 0 Å². The first-order valence-electron chi connectivity index (χ1n) is 50.4. The van der Waals surface area contributed by atoms with Crippen molar-refractivity contribution in [3.8, 4) is 66.8 Å². The molecule has 0 aromatic heterocycles. The fraction of sp³-hybridized carbons (Fsp3) is 0. The maximum atomic E-state index is 8.84. The third-order valence-electron chi connectivity index (χ3n) is 14.6. The maximum absolute atomic E-state index is 8.84. The minimum absolute atomic E-state index is 0.0374. The van der Waals surface area contributed by atoms with Gasteiger partial charge in [0, 0.05) is 34.1 Å². The standard InChI is InChI=1S/2C32H23N.C28H21N/c1-3-17-29-23(9-1)11-7-19-31(29)25-13-5-15-27(21-25)33-28-16-6-14-26(22-28)32-20-8-12-24-10-2-4-18-30(24)32;1-3-11-29-23(7-1)9-5-13-31(29)25-15-19-27(20-16-25)33-28-21-17-26(18-22-28)32-14-6-10-24-8-2-4-12-30(24)32;1-2-9-21(10-3-1)23-13-6-15-25(19-23)29-26-16-7-14-24(20-26)28-18-8-12-22-11-4-5-17-27(22)28/h2*1-22,33H;1-20,29H/i1D,2D,3D,4D,7D,8D,9D,10D,11D,12D,17D,18D,19D,20D;1D,2D,3D,4D,5D,6D,7D,8D,9D,10D,11D,12D,13D,14D,15D,16D,17D,18D,19D,20D,21D,22D;4D,5D,8D,11D,12D,17D,18D. The predicted molar refractivity (Wildman–Crippen MR) is 409 cm³/mol. The van der Waals surface area contributed by atoms with E-state index in [4.69, 9.17) is 58.9 Å². The lowest BCUT2D eigenvalue weighted by atomic mass is 9.97. The van der Waals surface area contributed by atoms with E-state index in [9.17, 15) is 0 Å². The topological polar surface area (TPSA) is 36.1 Å². The van der Waals surface area contributed by atoms with Gasteiger partial charge < -0.3 is 16.0 Å². The number of rotatable bonds is 12. The highest BCUT2D eigenvalue weighted by molar-refractivity contribution is 6.01. The van der Waals surface area contributed by atoms with Crippen LogP contribution in [0.1, 0.15) is 58.9 Å². The molecular weight excluding hydrogens is 1150 g/mol. The lowest BCUT2D eigenvalue weighted by Gasteiger charge is -2.12. The van der Waals surface area contributed by atoms with E-state index in [1.807, 2.05) is 60.7 Å². The summed E-state index contributed by atoms with van der Waals surface area (Å²) < 4.78 is 362. The van der Waals surface area contributed by atoms with E-state index in [1.165, 1.54) is 0 Å². The molecule has 3 heteroatoms. The summed E-state index contributed by atoms with van der Waals surface area (Å²) in [4.78, 5) is 0. The van der Waals surface area contributed by atoms with E-state index in [2.05, 4.69) is 16.0 Å². The SMILES string of the molecule is [2H]c1c([2H])c(-c2c([2H])c([2H])c([2H])c3c([2H])c([2H])c([2H])c([2H])c23)c([2H])c([2H])c1Nc1c([2H])c([2H])c(-c2c([2H])c([2H])c([2H])c3c([2H])c([2H])c([2H])c([2H])c23)c([2H])c1[2H].[2H]c1c([2H])c([2H])c2c(-c3cccc(Nc4cccc(-c5c([2H])c([2H])c([2H])c6c([2H])c([2H])c([2H])c([2H])c56)c4)c3)c([2H])c([2H])c([2H])c2c1[2H].[2H]c1c([2H])c([2H])c2c(-c3cccc(Nc4cccc(-c5ccccc5)c4)c3)c([2H])c([2H])c([2H])c2c1[2H]. The van der Waals surface area contributed by atoms with E-state index in [0.29, 0.717) is 33.8 Å². The highest BCUT2D eigenvalue weighted by atomic mass is 14.9. The van der Waals surface area contributed by atoms with Crippen LogP contribution in [0, 0.1) is 0 Å². The Kier molecular flexibility index (Phi) is 8.14. The van der Waals surface area contributed by atoms with Crippen molar-refractivity contribution in [1.82, 2.24) is 0 Å². The molecule has 0 spiro atoms. The van der Waals surface area contributed by atoms with Gasteiger partial charge in [-0.25, -0.2) is 0 Å². The van der Waals surface area contributed by atoms with Crippen LogP contribution < -0.4 is 16.0 Å². The molecule has 0 radical (unpaired) electrons. The van der Waals surface area contributed by atoms with Gasteiger partial charge in [-0.1, -0.05) is 315 Å². The Labute approximate surface area is 616 Å². The Morgan fingerprint density at radius 2 is 0.411 bits per heavy atom. The summed E-state index contributed by atoms with van der Waals surface area (Å²) in [6.07, 6.45) is 0. The van der Waals surface area contributed by atoms with Crippen molar-refractivity contribution in [2.24, 2.45) is 0 Å². The van der Waals surface area contributed by atoms with Crippen molar-refractivity contribution >= 4 is 88.0 Å². The molecular formula is C92H67N3. The molecule has 0 unspecified atom stereocenters. The molecule has 17 aromatic carbocycles. The summed E-state index contributed by atoms with van der Waals surface area (Å²) in [6.45, 7) is 0. The van der Waals surface area contributed by atoms with E-state index in [-0.39, 0.29) is 91.3 Å². The smallest absolute Gasteiger partial charge is 0.0645 e. The molecule has 0 saturated carbocycles. The predicted octanol–water partition coefficient (Wildman–Crippen LogP) is 26.1. The maximum Gasteiger partial charge on any atom is 0.0645 e. The monoisotopic (exact) mass is 1260 g/mol. The Bertz CT molecular complexity index is 7760. The van der Waals surface area contributed by atoms with Crippen LogP contribution in [-0.4, -0.2) is 0 Å². The van der Waals surface area contributed by atoms with E-state index in [0.717, 1.165) is 16.8 Å². The highest BCUT2D eigenvalue weighted by Gasteiger charge is 2.11. The molecule has 0 bridgehead atoms. The molecule has 0 saturated heterocycles. The van der Waals surface area contributed by atoms with Crippen LogP contribution >= 0.6 is 0 Å². The molecule has 3 N–H and O–H groups in total. The molecule has 0 fully saturated rings. The average molecular weight is 1260 g/mol. The van der Waals surface area contributed by atoms with Crippen molar-refractivity contribution < 1.29 is 58.9 Å². The molecule has 0 heterocycles. The van der Waals surface area contributed by atoms with E-state index < -0.39 is 273 Å². The Morgan fingerprint density at radius 3 is 0.726 bits per heavy atom. The Hall–Kier alpha value is -12.6. The summed E-state index contributed by atoms with van der Waals surface area (Å²) in [7, 11) is 0. The number of nitrogens with one attached hydrogen (secondary N) is 3. The summed E-state index contributed by atoms with van der Waals surface area (Å²) in [5.74, 6) is 0. The van der Waals surface area contributed by atoms with Gasteiger partial charge in [-0.05, 0) is 193 Å². The van der Waals surface area contributed by atoms with Gasteiger partial charge in [-0.2, -0.15) is 0 Å². The molecule has 450 valence electrons. The van der Waals surface area contributed by atoms with Crippen molar-refractivity contribution in [3.05, 3.63) is 387 Å². The van der Waals surface area contributed by atoms with E-state index >= 15 is 0 Å². The first kappa shape index (κ1) is 28.1. The number of hydrogen-bond donors (Lipinski definition) is 3. The third kappa shape index (κ3) is 13.3. The van der Waals surface area contributed by atoms with Gasteiger partial charge in [0.25, 0.3) is 0 Å². The molecule has 17 rings (SSSR count). The molecule has 0 amide bonds. The number of anilines is 6. The van der Waals surface area contributed by atoms with Crippen molar-refractivity contribution in [2.45, 2.75) is 0 Å². The second-order valence-electron chi connectivity index (χ2n) is 20.6. The number of fused-ring (bicyclic) bond motifs is 5. The normalized spacial score (nSPS) is 17.3. The quantitative estimate of drug-likeness (QED) is 0.114. The molecule has 3 nitrogen and oxygen atoms in total. The minimum atomic E-state index is -0.896. The Balaban J connectivity index is 0.000000160. The number of benzene rings is 17. The third-order valence-corrected chi connectivity index (χ3v) is 14.6. The van der Waals surface area contributed by atoms with Crippen LogP contribution in [-0.2, 0) is 0 Å². The van der Waals surface area contributed by atoms with Gasteiger partial charge in [0.2, 0.25) is 0 Å². The zero-order valence-corrected chi connectivity index (χ0v) is 49.1. The van der Waals surface area contributed by atoms with Crippen LogP contribution in [0.2, 0.25) is 0 Å². The highest BCUT2D eigenvalue weighted by Crippen LogP contribution is 2.37. The van der Waals surface area contributed by atoms with Gasteiger partial charge >= 0.3 is 0 Å². The second kappa shape index (κ2) is 27.5. The first-order chi connectivity index (χ1) is 65.0. The summed E-state index contributed by atoms with van der Waals surface area (Å²) in [6, 6.07) is 11.3. The van der Waals surface area contributed by atoms with Gasteiger partial charge in [0.15, 0.2) is 0 Å². The molecule has 0 aliphatic carbocycles. The largest absolute Gasteiger partial charge is 0.356 e. The molecule has 17 aromatic rings. The van der Waals surface area contributed by atoms with Crippen LogP contribution in [0.5, 0.6) is 0 Å². The molecule has 0 aliphatic rings. The zero-order valence-electron chi connectivity index (χ0n) is 92.1. The van der Waals surface area contributed by atoms with Crippen LogP contribution in [0.15, 0.2) is 387 Å². The van der Waals surface area contributed by atoms with Gasteiger partial charge in [0.1, 0.15) is 0 Å². The molecule has 0 aliphatic heterocycles. The van der Waals surface area contributed by atoms with Crippen LogP contribution in [0.3, 0.4) is 0 Å². The fourth-order valence-electron chi connectivity index (χ4n) is 10.2. The summed E-state index contributed by atoms with van der Waals surface area (Å²) >= 11 is 0. The first-order valence-corrected chi connectivity index (χ1v) is 28.9. The minimum Gasteiger partial charge on any atom is -0.356 e. The van der Waals surface area contributed by atoms with Gasteiger partial charge in [0.05, 0.1) is 58.9 Å². The average Bonchev–Trinajstić information content (AvgIpc) is 0.718. The summed E-state index contributed by atoms with van der Waals surface area (Å²) in [5, 5.41) is 6.69. The van der Waals surface area contributed by atoms with Gasteiger partial charge in [-0.3, -0.25) is 0 Å². The van der Waals surface area contributed by atoms with Crippen LogP contribution in [0.25, 0.3) is 121 Å². The number of hydrogen-bond acceptors (Lipinski definition) is 3. The lowest BCUT2D eigenvalue weighted by Crippen LogP contribution is -1.92. The molecule has 95 heavy (non-hydrogen) atoms. The summed E-state index contributed by atoms with van der Waals surface area (Å²) in [5.41, 5.74) is 2.41. The van der Waals surface area contributed by atoms with Crippen LogP contribution in [0.4, 0.5) is 34.1 Å². The zero-order chi connectivity index (χ0) is 101. The molecule has 0 atom stereocenters. The van der Waals surface area contributed by atoms with Crippen molar-refractivity contribution in [1.29, 1.82) is 0 Å². The van der Waals surface area contributed by atoms with E-state index in [1.54, 1.807) is 66.7 Å².